The minimum atomic E-state index is -0.434. The summed E-state index contributed by atoms with van der Waals surface area (Å²) in [4.78, 5) is 13.8. The lowest BCUT2D eigenvalue weighted by molar-refractivity contribution is 0.252. The summed E-state index contributed by atoms with van der Waals surface area (Å²) in [5, 5.41) is 7.88. The molecule has 0 unspecified atom stereocenters. The van der Waals surface area contributed by atoms with Gasteiger partial charge in [0, 0.05) is 25.5 Å². The number of carbonyl (C=O) groups excluding carboxylic acids is 1. The molecule has 26 heavy (non-hydrogen) atoms. The van der Waals surface area contributed by atoms with Crippen LogP contribution in [0, 0.1) is 0 Å². The third-order valence-electron chi connectivity index (χ3n) is 3.07. The fourth-order valence-corrected chi connectivity index (χ4v) is 4.27. The Morgan fingerprint density at radius 2 is 1.85 bits per heavy atom. The summed E-state index contributed by atoms with van der Waals surface area (Å²) in [6.07, 6.45) is 1.61. The van der Waals surface area contributed by atoms with E-state index in [1.807, 2.05) is 36.4 Å². The monoisotopic (exact) mass is 421 g/mol. The second kappa shape index (κ2) is 9.09. The van der Waals surface area contributed by atoms with Crippen LogP contribution in [0.5, 0.6) is 0 Å². The highest BCUT2D eigenvalue weighted by Gasteiger charge is 2.03. The van der Waals surface area contributed by atoms with E-state index in [0.717, 1.165) is 19.0 Å². The lowest BCUT2D eigenvalue weighted by Gasteiger charge is -2.03. The summed E-state index contributed by atoms with van der Waals surface area (Å²) in [6.45, 7) is 0. The highest BCUT2D eigenvalue weighted by molar-refractivity contribution is 8.01. The Hall–Kier alpha value is -1.99. The molecular weight excluding hydrogens is 409 g/mol. The number of nitrogens with zero attached hydrogens (tertiary/aromatic N) is 1. The lowest BCUT2D eigenvalue weighted by Crippen LogP contribution is -2.24. The van der Waals surface area contributed by atoms with Crippen molar-refractivity contribution in [1.82, 2.24) is 5.43 Å². The van der Waals surface area contributed by atoms with Crippen molar-refractivity contribution in [2.75, 3.05) is 5.32 Å². The standard InChI is InChI=1S/C18H13Cl2N3OS2/c19-12-4-6-15(7-5-12)25-17-9-8-16(26-17)11-21-23-18(24)22-14-3-1-2-13(20)10-14/h1-11H,(H2,22,23,24)/b21-11+. The second-order valence-corrected chi connectivity index (χ2v) is 8.41. The third kappa shape index (κ3) is 5.78. The maximum Gasteiger partial charge on any atom is 0.339 e. The van der Waals surface area contributed by atoms with Crippen LogP contribution >= 0.6 is 46.3 Å². The molecule has 2 amide bonds. The maximum atomic E-state index is 11.8. The van der Waals surface area contributed by atoms with Crippen molar-refractivity contribution >= 4 is 64.2 Å². The van der Waals surface area contributed by atoms with Crippen molar-refractivity contribution in [2.24, 2.45) is 5.10 Å². The first kappa shape index (κ1) is 18.8. The predicted molar refractivity (Wildman–Crippen MR) is 111 cm³/mol. The van der Waals surface area contributed by atoms with E-state index in [0.29, 0.717) is 10.7 Å². The molecule has 3 aromatic rings. The molecule has 0 aliphatic rings. The minimum absolute atomic E-state index is 0.434. The zero-order chi connectivity index (χ0) is 18.4. The summed E-state index contributed by atoms with van der Waals surface area (Å²) >= 11 is 15.0. The number of urea groups is 1. The van der Waals surface area contributed by atoms with Gasteiger partial charge in [0.05, 0.1) is 10.4 Å². The van der Waals surface area contributed by atoms with Crippen molar-refractivity contribution in [3.8, 4) is 0 Å². The van der Waals surface area contributed by atoms with Gasteiger partial charge in [-0.2, -0.15) is 5.10 Å². The highest BCUT2D eigenvalue weighted by Crippen LogP contribution is 2.33. The molecular formula is C18H13Cl2N3OS2. The van der Waals surface area contributed by atoms with Crippen LogP contribution in [0.1, 0.15) is 4.88 Å². The van der Waals surface area contributed by atoms with Crippen molar-refractivity contribution in [2.45, 2.75) is 9.10 Å². The van der Waals surface area contributed by atoms with Crippen LogP contribution in [-0.2, 0) is 0 Å². The van der Waals surface area contributed by atoms with E-state index in [2.05, 4.69) is 15.8 Å². The SMILES string of the molecule is O=C(N/N=C/c1ccc(Sc2ccc(Cl)cc2)s1)Nc1cccc(Cl)c1. The Kier molecular flexibility index (Phi) is 6.57. The molecule has 2 aromatic carbocycles. The van der Waals surface area contributed by atoms with Crippen LogP contribution in [0.25, 0.3) is 0 Å². The molecule has 8 heteroatoms. The fourth-order valence-electron chi connectivity index (χ4n) is 1.96. The number of rotatable bonds is 5. The summed E-state index contributed by atoms with van der Waals surface area (Å²) in [7, 11) is 0. The molecule has 0 bridgehead atoms. The van der Waals surface area contributed by atoms with Crippen molar-refractivity contribution in [3.63, 3.8) is 0 Å². The molecule has 4 nitrogen and oxygen atoms in total. The Balaban J connectivity index is 1.51. The molecule has 2 N–H and O–H groups in total. The number of hydrazone groups is 1. The third-order valence-corrected chi connectivity index (χ3v) is 5.72. The molecule has 0 saturated carbocycles. The number of benzene rings is 2. The van der Waals surface area contributed by atoms with Gasteiger partial charge in [-0.05, 0) is 54.6 Å². The highest BCUT2D eigenvalue weighted by atomic mass is 35.5. The normalized spacial score (nSPS) is 10.8. The summed E-state index contributed by atoms with van der Waals surface area (Å²) in [5.74, 6) is 0. The number of anilines is 1. The molecule has 0 fully saturated rings. The second-order valence-electron chi connectivity index (χ2n) is 5.05. The van der Waals surface area contributed by atoms with E-state index in [4.69, 9.17) is 23.2 Å². The van der Waals surface area contributed by atoms with Crippen LogP contribution < -0.4 is 10.7 Å². The van der Waals surface area contributed by atoms with Crippen molar-refractivity contribution in [1.29, 1.82) is 0 Å². The average Bonchev–Trinajstić information content (AvgIpc) is 3.04. The molecule has 132 valence electrons. The number of hydrogen-bond acceptors (Lipinski definition) is 4. The van der Waals surface area contributed by atoms with Gasteiger partial charge in [-0.3, -0.25) is 0 Å². The summed E-state index contributed by atoms with van der Waals surface area (Å²) in [6, 6.07) is 18.1. The van der Waals surface area contributed by atoms with Crippen molar-refractivity contribution < 1.29 is 4.79 Å². The first-order valence-corrected chi connectivity index (χ1v) is 9.86. The first-order valence-electron chi connectivity index (χ1n) is 7.47. The number of hydrogen-bond donors (Lipinski definition) is 2. The Bertz CT molecular complexity index is 926. The van der Waals surface area contributed by atoms with Gasteiger partial charge in [0.15, 0.2) is 0 Å². The van der Waals surface area contributed by atoms with E-state index >= 15 is 0 Å². The average molecular weight is 422 g/mol. The lowest BCUT2D eigenvalue weighted by atomic mass is 10.3. The van der Waals surface area contributed by atoms with Gasteiger partial charge in [-0.15, -0.1) is 11.3 Å². The summed E-state index contributed by atoms with van der Waals surface area (Å²) < 4.78 is 1.12. The van der Waals surface area contributed by atoms with Gasteiger partial charge < -0.3 is 5.32 Å². The zero-order valence-electron chi connectivity index (χ0n) is 13.3. The van der Waals surface area contributed by atoms with Gasteiger partial charge in [0.2, 0.25) is 0 Å². The maximum absolute atomic E-state index is 11.8. The molecule has 0 saturated heterocycles. The first-order chi connectivity index (χ1) is 12.6. The molecule has 0 radical (unpaired) electrons. The van der Waals surface area contributed by atoms with Gasteiger partial charge in [0.25, 0.3) is 0 Å². The topological polar surface area (TPSA) is 53.5 Å². The number of thiophene rings is 1. The number of nitrogens with one attached hydrogen (secondary N) is 2. The van der Waals surface area contributed by atoms with E-state index in [1.165, 1.54) is 0 Å². The quantitative estimate of drug-likeness (QED) is 0.371. The number of amides is 2. The van der Waals surface area contributed by atoms with Crippen LogP contribution in [0.3, 0.4) is 0 Å². The Labute approximate surface area is 169 Å². The zero-order valence-corrected chi connectivity index (χ0v) is 16.4. The number of carbonyl (C=O) groups is 1. The Morgan fingerprint density at radius 1 is 1.04 bits per heavy atom. The van der Waals surface area contributed by atoms with Crippen LogP contribution in [-0.4, -0.2) is 12.2 Å². The van der Waals surface area contributed by atoms with Crippen LogP contribution in [0.2, 0.25) is 10.0 Å². The van der Waals surface area contributed by atoms with E-state index in [9.17, 15) is 4.79 Å². The van der Waals surface area contributed by atoms with Gasteiger partial charge >= 0.3 is 6.03 Å². The molecule has 1 aromatic heterocycles. The predicted octanol–water partition coefficient (Wildman–Crippen LogP) is 6.36. The minimum Gasteiger partial charge on any atom is -0.306 e. The van der Waals surface area contributed by atoms with E-state index < -0.39 is 6.03 Å². The van der Waals surface area contributed by atoms with Crippen molar-refractivity contribution in [3.05, 3.63) is 75.6 Å². The van der Waals surface area contributed by atoms with Gasteiger partial charge in [-0.1, -0.05) is 41.0 Å². The van der Waals surface area contributed by atoms with E-state index in [-0.39, 0.29) is 0 Å². The number of halogens is 2. The smallest absolute Gasteiger partial charge is 0.306 e. The molecule has 0 spiro atoms. The molecule has 0 atom stereocenters. The molecule has 0 aliphatic heterocycles. The van der Waals surface area contributed by atoms with Crippen LogP contribution in [0.15, 0.2) is 74.9 Å². The fraction of sp³-hybridized carbons (Fsp3) is 0. The molecule has 1 heterocycles. The van der Waals surface area contributed by atoms with Gasteiger partial charge in [-0.25, -0.2) is 10.2 Å². The molecule has 3 rings (SSSR count). The molecule has 0 aliphatic carbocycles. The Morgan fingerprint density at radius 3 is 2.62 bits per heavy atom. The van der Waals surface area contributed by atoms with Crippen LogP contribution in [0.4, 0.5) is 10.5 Å². The summed E-state index contributed by atoms with van der Waals surface area (Å²) in [5.41, 5.74) is 3.03. The van der Waals surface area contributed by atoms with E-state index in [1.54, 1.807) is 53.6 Å². The van der Waals surface area contributed by atoms with Gasteiger partial charge in [0.1, 0.15) is 0 Å². The largest absolute Gasteiger partial charge is 0.339 e.